The maximum atomic E-state index is 5.19. The van der Waals surface area contributed by atoms with Crippen LogP contribution >= 0.6 is 11.3 Å². The van der Waals surface area contributed by atoms with Gasteiger partial charge in [-0.15, -0.1) is 11.3 Å². The summed E-state index contributed by atoms with van der Waals surface area (Å²) in [6.45, 7) is 0. The molecule has 1 aliphatic heterocycles. The number of nitrogens with zero attached hydrogens (tertiary/aromatic N) is 3. The monoisotopic (exact) mass is 658 g/mol. The van der Waals surface area contributed by atoms with Crippen LogP contribution in [0.4, 0.5) is 0 Å². The molecule has 4 nitrogen and oxygen atoms in total. The Labute approximate surface area is 293 Å². The fourth-order valence-electron chi connectivity index (χ4n) is 7.28. The molecule has 0 spiro atoms. The van der Waals surface area contributed by atoms with Crippen LogP contribution in [0.3, 0.4) is 0 Å². The second kappa shape index (κ2) is 11.7. The maximum absolute atomic E-state index is 5.19. The molecule has 9 aromatic rings. The summed E-state index contributed by atoms with van der Waals surface area (Å²) in [4.78, 5) is 10.3. The molecule has 0 saturated carbocycles. The zero-order valence-corrected chi connectivity index (χ0v) is 27.8. The first kappa shape index (κ1) is 28.7. The molecule has 0 saturated heterocycles. The van der Waals surface area contributed by atoms with Gasteiger partial charge in [0.05, 0.1) is 11.0 Å². The Balaban J connectivity index is 1.11. The second-order valence-electron chi connectivity index (χ2n) is 12.7. The molecule has 10 rings (SSSR count). The summed E-state index contributed by atoms with van der Waals surface area (Å²) in [7, 11) is 0. The Bertz CT molecular complexity index is 2780. The molecule has 0 bridgehead atoms. The van der Waals surface area contributed by atoms with E-state index in [1.54, 1.807) is 0 Å². The normalized spacial score (nSPS) is 14.6. The van der Waals surface area contributed by atoms with Crippen LogP contribution in [-0.2, 0) is 0 Å². The van der Waals surface area contributed by atoms with Gasteiger partial charge in [0.15, 0.2) is 5.84 Å². The van der Waals surface area contributed by atoms with E-state index in [0.717, 1.165) is 34.0 Å². The number of hydrogen-bond donors (Lipinski definition) is 1. The molecular weight excluding hydrogens is 629 g/mol. The van der Waals surface area contributed by atoms with Crippen molar-refractivity contribution in [2.24, 2.45) is 9.98 Å². The molecule has 2 aromatic heterocycles. The van der Waals surface area contributed by atoms with Crippen LogP contribution in [0.1, 0.15) is 22.9 Å². The molecule has 1 atom stereocenters. The van der Waals surface area contributed by atoms with E-state index < -0.39 is 0 Å². The van der Waals surface area contributed by atoms with Gasteiger partial charge in [0, 0.05) is 47.8 Å². The molecular formula is C45H30N4S. The first-order valence-electron chi connectivity index (χ1n) is 16.9. The van der Waals surface area contributed by atoms with Gasteiger partial charge >= 0.3 is 0 Å². The highest BCUT2D eigenvalue weighted by molar-refractivity contribution is 7.26. The fraction of sp³-hybridized carbons (Fsp3) is 0.0222. The number of nitrogens with one attached hydrogen (secondary N) is 1. The van der Waals surface area contributed by atoms with Gasteiger partial charge < -0.3 is 9.88 Å². The molecule has 0 aliphatic carbocycles. The standard InChI is InChI=1S/C45H30N4S/c1-4-13-29(14-5-1)43-46-44(30-15-6-2-7-16-30)48-45(47-43)37-21-12-20-36-38-27-31(24-26-41(38)50-42(36)37)32-23-25-35-34-19-10-11-22-39(34)49(40(35)28-32)33-17-8-3-9-18-33/h1-28,43H,(H,46,47,48). The number of thiophene rings is 1. The lowest BCUT2D eigenvalue weighted by atomic mass is 10.0. The number of para-hydroxylation sites is 2. The lowest BCUT2D eigenvalue weighted by molar-refractivity contribution is 0.674. The summed E-state index contributed by atoms with van der Waals surface area (Å²) in [6.07, 6.45) is -0.239. The maximum Gasteiger partial charge on any atom is 0.160 e. The van der Waals surface area contributed by atoms with E-state index in [2.05, 4.69) is 155 Å². The van der Waals surface area contributed by atoms with E-state index in [1.165, 1.54) is 53.1 Å². The average Bonchev–Trinajstić information content (AvgIpc) is 3.74. The van der Waals surface area contributed by atoms with E-state index in [1.807, 2.05) is 35.6 Å². The zero-order chi connectivity index (χ0) is 33.0. The number of hydrogen-bond acceptors (Lipinski definition) is 4. The van der Waals surface area contributed by atoms with Gasteiger partial charge in [-0.1, -0.05) is 127 Å². The quantitative estimate of drug-likeness (QED) is 0.196. The van der Waals surface area contributed by atoms with Gasteiger partial charge in [-0.05, 0) is 59.2 Å². The second-order valence-corrected chi connectivity index (χ2v) is 13.7. The van der Waals surface area contributed by atoms with Crippen molar-refractivity contribution < 1.29 is 0 Å². The number of rotatable bonds is 5. The first-order chi connectivity index (χ1) is 24.8. The van der Waals surface area contributed by atoms with Crippen molar-refractivity contribution in [3.63, 3.8) is 0 Å². The van der Waals surface area contributed by atoms with Crippen molar-refractivity contribution in [3.8, 4) is 16.8 Å². The topological polar surface area (TPSA) is 41.7 Å². The van der Waals surface area contributed by atoms with E-state index >= 15 is 0 Å². The molecule has 1 unspecified atom stereocenters. The molecule has 1 aliphatic rings. The lowest BCUT2D eigenvalue weighted by Gasteiger charge is -2.23. The highest BCUT2D eigenvalue weighted by Crippen LogP contribution is 2.40. The Morgan fingerprint density at radius 2 is 1.20 bits per heavy atom. The van der Waals surface area contributed by atoms with Crippen LogP contribution in [-0.4, -0.2) is 16.2 Å². The Kier molecular flexibility index (Phi) is 6.71. The number of aliphatic imine (C=N–C) groups is 2. The van der Waals surface area contributed by atoms with Crippen LogP contribution < -0.4 is 5.32 Å². The molecule has 3 heterocycles. The number of fused-ring (bicyclic) bond motifs is 6. The highest BCUT2D eigenvalue weighted by atomic mass is 32.1. The van der Waals surface area contributed by atoms with Crippen molar-refractivity contribution in [2.45, 2.75) is 6.17 Å². The van der Waals surface area contributed by atoms with Crippen LogP contribution in [0.5, 0.6) is 0 Å². The van der Waals surface area contributed by atoms with Crippen LogP contribution in [0, 0.1) is 0 Å². The third kappa shape index (κ3) is 4.74. The Morgan fingerprint density at radius 3 is 2.04 bits per heavy atom. The smallest absolute Gasteiger partial charge is 0.160 e. The molecule has 5 heteroatoms. The van der Waals surface area contributed by atoms with Crippen molar-refractivity contribution >= 4 is 65.0 Å². The van der Waals surface area contributed by atoms with E-state index in [4.69, 9.17) is 9.98 Å². The lowest BCUT2D eigenvalue weighted by Crippen LogP contribution is -2.33. The van der Waals surface area contributed by atoms with Crippen molar-refractivity contribution in [3.05, 3.63) is 187 Å². The summed E-state index contributed by atoms with van der Waals surface area (Å²) < 4.78 is 4.83. The predicted molar refractivity (Wildman–Crippen MR) is 211 cm³/mol. The largest absolute Gasteiger partial charge is 0.344 e. The Hall–Kier alpha value is -6.30. The minimum absolute atomic E-state index is 0.239. The minimum atomic E-state index is -0.239. The van der Waals surface area contributed by atoms with E-state index in [9.17, 15) is 0 Å². The molecule has 1 N–H and O–H groups in total. The van der Waals surface area contributed by atoms with E-state index in [0.29, 0.717) is 0 Å². The van der Waals surface area contributed by atoms with Gasteiger partial charge in [-0.3, -0.25) is 0 Å². The first-order valence-corrected chi connectivity index (χ1v) is 17.7. The molecule has 7 aromatic carbocycles. The van der Waals surface area contributed by atoms with Gasteiger partial charge in [-0.2, -0.15) is 0 Å². The van der Waals surface area contributed by atoms with Gasteiger partial charge in [-0.25, -0.2) is 9.98 Å². The predicted octanol–water partition coefficient (Wildman–Crippen LogP) is 11.3. The fourth-order valence-corrected chi connectivity index (χ4v) is 8.47. The van der Waals surface area contributed by atoms with Crippen LogP contribution in [0.2, 0.25) is 0 Å². The number of aromatic nitrogens is 1. The van der Waals surface area contributed by atoms with Crippen molar-refractivity contribution in [1.82, 2.24) is 9.88 Å². The van der Waals surface area contributed by atoms with Gasteiger partial charge in [0.25, 0.3) is 0 Å². The third-order valence-electron chi connectivity index (χ3n) is 9.66. The van der Waals surface area contributed by atoms with Crippen LogP contribution in [0.25, 0.3) is 58.8 Å². The van der Waals surface area contributed by atoms with Gasteiger partial charge in [0.1, 0.15) is 12.0 Å². The summed E-state index contributed by atoms with van der Waals surface area (Å²) in [5.74, 6) is 1.57. The molecule has 0 fully saturated rings. The minimum Gasteiger partial charge on any atom is -0.344 e. The summed E-state index contributed by atoms with van der Waals surface area (Å²) in [5, 5.41) is 8.57. The highest BCUT2D eigenvalue weighted by Gasteiger charge is 2.23. The summed E-state index contributed by atoms with van der Waals surface area (Å²) >= 11 is 1.81. The molecule has 0 radical (unpaired) electrons. The van der Waals surface area contributed by atoms with Crippen molar-refractivity contribution in [2.75, 3.05) is 0 Å². The molecule has 50 heavy (non-hydrogen) atoms. The Morgan fingerprint density at radius 1 is 0.520 bits per heavy atom. The SMILES string of the molecule is c1ccc(C2=NC(c3cccc4c3sc3ccc(-c5ccc6c7ccccc7n(-c7ccccc7)c6c5)cc34)=NC(c3ccccc3)N2)cc1. The summed E-state index contributed by atoms with van der Waals surface area (Å²) in [5.41, 5.74) is 9.16. The number of amidine groups is 2. The van der Waals surface area contributed by atoms with Crippen molar-refractivity contribution in [1.29, 1.82) is 0 Å². The average molecular weight is 659 g/mol. The molecule has 236 valence electrons. The van der Waals surface area contributed by atoms with Gasteiger partial charge in [0.2, 0.25) is 0 Å². The number of benzene rings is 7. The summed E-state index contributed by atoms with van der Waals surface area (Å²) in [6, 6.07) is 60.3. The van der Waals surface area contributed by atoms with Crippen LogP contribution in [0.15, 0.2) is 180 Å². The zero-order valence-electron chi connectivity index (χ0n) is 27.0. The molecule has 0 amide bonds. The van der Waals surface area contributed by atoms with E-state index in [-0.39, 0.29) is 6.17 Å². The third-order valence-corrected chi connectivity index (χ3v) is 10.9.